The molecular weight excluding hydrogens is 314 g/mol. The molecule has 3 aromatic rings. The average Bonchev–Trinajstić information content (AvgIpc) is 3.06. The van der Waals surface area contributed by atoms with Crippen molar-refractivity contribution in [2.45, 2.75) is 26.2 Å². The van der Waals surface area contributed by atoms with Gasteiger partial charge in [0, 0.05) is 10.9 Å². The first-order chi connectivity index (χ1) is 11.9. The van der Waals surface area contributed by atoms with Gasteiger partial charge in [-0.25, -0.2) is 0 Å². The SMILES string of the molecule is CC(C)(C)c1ccc(OCCNC(=O)c2ccc3cn[nH]c3c2)cc1. The van der Waals surface area contributed by atoms with Gasteiger partial charge in [0.25, 0.3) is 5.91 Å². The number of nitrogens with zero attached hydrogens (tertiary/aromatic N) is 1. The zero-order valence-corrected chi connectivity index (χ0v) is 14.8. The normalized spacial score (nSPS) is 11.5. The van der Waals surface area contributed by atoms with E-state index in [2.05, 4.69) is 48.4 Å². The number of fused-ring (bicyclic) bond motifs is 1. The minimum absolute atomic E-state index is 0.122. The predicted octanol–water partition coefficient (Wildman–Crippen LogP) is 3.67. The summed E-state index contributed by atoms with van der Waals surface area (Å²) in [6.07, 6.45) is 1.73. The van der Waals surface area contributed by atoms with Gasteiger partial charge in [-0.05, 0) is 35.2 Å². The van der Waals surface area contributed by atoms with E-state index in [9.17, 15) is 4.79 Å². The second-order valence-corrected chi connectivity index (χ2v) is 7.05. The van der Waals surface area contributed by atoms with Crippen LogP contribution in [-0.2, 0) is 5.41 Å². The van der Waals surface area contributed by atoms with Crippen molar-refractivity contribution < 1.29 is 9.53 Å². The number of hydrogen-bond donors (Lipinski definition) is 2. The molecule has 0 bridgehead atoms. The van der Waals surface area contributed by atoms with Crippen molar-refractivity contribution in [2.75, 3.05) is 13.2 Å². The molecule has 1 aromatic heterocycles. The minimum Gasteiger partial charge on any atom is -0.492 e. The first kappa shape index (κ1) is 17.0. The zero-order valence-electron chi connectivity index (χ0n) is 14.8. The molecule has 25 heavy (non-hydrogen) atoms. The lowest BCUT2D eigenvalue weighted by atomic mass is 9.87. The number of aromatic amines is 1. The number of ether oxygens (including phenoxy) is 1. The summed E-state index contributed by atoms with van der Waals surface area (Å²) in [6, 6.07) is 13.5. The molecule has 2 aromatic carbocycles. The summed E-state index contributed by atoms with van der Waals surface area (Å²) in [7, 11) is 0. The first-order valence-corrected chi connectivity index (χ1v) is 8.38. The molecule has 5 heteroatoms. The van der Waals surface area contributed by atoms with Crippen molar-refractivity contribution in [1.29, 1.82) is 0 Å². The molecule has 0 atom stereocenters. The zero-order chi connectivity index (χ0) is 17.9. The number of nitrogens with one attached hydrogen (secondary N) is 2. The summed E-state index contributed by atoms with van der Waals surface area (Å²) in [5.74, 6) is 0.685. The standard InChI is InChI=1S/C20H23N3O2/c1-20(2,3)16-6-8-17(9-7-16)25-11-10-21-19(24)14-4-5-15-13-22-23-18(15)12-14/h4-9,12-13H,10-11H2,1-3H3,(H,21,24)(H,22,23). The monoisotopic (exact) mass is 337 g/mol. The topological polar surface area (TPSA) is 67.0 Å². The van der Waals surface area contributed by atoms with E-state index in [1.807, 2.05) is 18.2 Å². The number of benzene rings is 2. The van der Waals surface area contributed by atoms with Crippen LogP contribution in [0.25, 0.3) is 10.9 Å². The van der Waals surface area contributed by atoms with Crippen LogP contribution in [0, 0.1) is 0 Å². The summed E-state index contributed by atoms with van der Waals surface area (Å²) in [6.45, 7) is 7.41. The maximum atomic E-state index is 12.2. The number of carbonyl (C=O) groups is 1. The molecule has 0 spiro atoms. The molecule has 5 nitrogen and oxygen atoms in total. The molecule has 0 radical (unpaired) electrons. The van der Waals surface area contributed by atoms with Crippen LogP contribution in [0.1, 0.15) is 36.7 Å². The number of amides is 1. The summed E-state index contributed by atoms with van der Waals surface area (Å²) in [5.41, 5.74) is 2.85. The van der Waals surface area contributed by atoms with Crippen LogP contribution in [0.15, 0.2) is 48.7 Å². The molecule has 0 aliphatic rings. The molecule has 0 saturated heterocycles. The Morgan fingerprint density at radius 2 is 1.92 bits per heavy atom. The molecule has 0 saturated carbocycles. The number of aromatic nitrogens is 2. The van der Waals surface area contributed by atoms with Gasteiger partial charge >= 0.3 is 0 Å². The first-order valence-electron chi connectivity index (χ1n) is 8.38. The number of carbonyl (C=O) groups excluding carboxylic acids is 1. The van der Waals surface area contributed by atoms with E-state index in [-0.39, 0.29) is 11.3 Å². The molecule has 0 fully saturated rings. The Morgan fingerprint density at radius 3 is 2.64 bits per heavy atom. The third kappa shape index (κ3) is 4.18. The van der Waals surface area contributed by atoms with E-state index in [0.29, 0.717) is 18.7 Å². The Labute approximate surface area is 147 Å². The highest BCUT2D eigenvalue weighted by Gasteiger charge is 2.13. The van der Waals surface area contributed by atoms with Crippen molar-refractivity contribution in [3.63, 3.8) is 0 Å². The van der Waals surface area contributed by atoms with E-state index in [1.165, 1.54) is 5.56 Å². The summed E-state index contributed by atoms with van der Waals surface area (Å²) in [5, 5.41) is 10.7. The highest BCUT2D eigenvalue weighted by molar-refractivity contribution is 5.97. The van der Waals surface area contributed by atoms with E-state index < -0.39 is 0 Å². The van der Waals surface area contributed by atoms with Gasteiger partial charge in [-0.3, -0.25) is 9.89 Å². The molecule has 0 aliphatic heterocycles. The lowest BCUT2D eigenvalue weighted by Crippen LogP contribution is -2.28. The fourth-order valence-electron chi connectivity index (χ4n) is 2.56. The lowest BCUT2D eigenvalue weighted by Gasteiger charge is -2.19. The third-order valence-corrected chi connectivity index (χ3v) is 4.08. The smallest absolute Gasteiger partial charge is 0.251 e. The van der Waals surface area contributed by atoms with Gasteiger partial charge in [0.05, 0.1) is 18.3 Å². The van der Waals surface area contributed by atoms with E-state index in [0.717, 1.165) is 16.7 Å². The fourth-order valence-corrected chi connectivity index (χ4v) is 2.56. The van der Waals surface area contributed by atoms with Gasteiger partial charge < -0.3 is 10.1 Å². The average molecular weight is 337 g/mol. The van der Waals surface area contributed by atoms with Crippen molar-refractivity contribution in [1.82, 2.24) is 15.5 Å². The second kappa shape index (κ2) is 6.97. The highest BCUT2D eigenvalue weighted by Crippen LogP contribution is 2.24. The van der Waals surface area contributed by atoms with Gasteiger partial charge in [-0.15, -0.1) is 0 Å². The Balaban J connectivity index is 1.48. The predicted molar refractivity (Wildman–Crippen MR) is 99.1 cm³/mol. The van der Waals surface area contributed by atoms with Crippen molar-refractivity contribution >= 4 is 16.8 Å². The van der Waals surface area contributed by atoms with Crippen LogP contribution >= 0.6 is 0 Å². The molecule has 0 aliphatic carbocycles. The van der Waals surface area contributed by atoms with E-state index >= 15 is 0 Å². The van der Waals surface area contributed by atoms with Gasteiger partial charge in [-0.1, -0.05) is 39.0 Å². The van der Waals surface area contributed by atoms with E-state index in [4.69, 9.17) is 4.74 Å². The molecule has 1 amide bonds. The van der Waals surface area contributed by atoms with Crippen molar-refractivity contribution in [3.05, 3.63) is 59.8 Å². The molecule has 0 unspecified atom stereocenters. The maximum Gasteiger partial charge on any atom is 0.251 e. The quantitative estimate of drug-likeness (QED) is 0.698. The van der Waals surface area contributed by atoms with Gasteiger partial charge in [0.2, 0.25) is 0 Å². The van der Waals surface area contributed by atoms with Crippen LogP contribution < -0.4 is 10.1 Å². The van der Waals surface area contributed by atoms with Crippen LogP contribution in [0.4, 0.5) is 0 Å². The highest BCUT2D eigenvalue weighted by atomic mass is 16.5. The molecule has 130 valence electrons. The molecule has 1 heterocycles. The molecular formula is C20H23N3O2. The summed E-state index contributed by atoms with van der Waals surface area (Å²) in [4.78, 5) is 12.2. The number of hydrogen-bond acceptors (Lipinski definition) is 3. The van der Waals surface area contributed by atoms with Crippen LogP contribution in [-0.4, -0.2) is 29.3 Å². The summed E-state index contributed by atoms with van der Waals surface area (Å²) >= 11 is 0. The molecule has 2 N–H and O–H groups in total. The Kier molecular flexibility index (Phi) is 4.74. The fraction of sp³-hybridized carbons (Fsp3) is 0.300. The lowest BCUT2D eigenvalue weighted by molar-refractivity contribution is 0.0947. The van der Waals surface area contributed by atoms with Crippen LogP contribution in [0.2, 0.25) is 0 Å². The minimum atomic E-state index is -0.122. The van der Waals surface area contributed by atoms with Crippen LogP contribution in [0.3, 0.4) is 0 Å². The Morgan fingerprint density at radius 1 is 1.16 bits per heavy atom. The Hall–Kier alpha value is -2.82. The number of H-pyrrole nitrogens is 1. The van der Waals surface area contributed by atoms with Gasteiger partial charge in [0.1, 0.15) is 12.4 Å². The second-order valence-electron chi connectivity index (χ2n) is 7.05. The van der Waals surface area contributed by atoms with Crippen molar-refractivity contribution in [3.8, 4) is 5.75 Å². The van der Waals surface area contributed by atoms with Gasteiger partial charge in [0.15, 0.2) is 0 Å². The Bertz CT molecular complexity index is 861. The van der Waals surface area contributed by atoms with Crippen molar-refractivity contribution in [2.24, 2.45) is 0 Å². The largest absolute Gasteiger partial charge is 0.492 e. The summed E-state index contributed by atoms with van der Waals surface area (Å²) < 4.78 is 5.69. The van der Waals surface area contributed by atoms with Crippen LogP contribution in [0.5, 0.6) is 5.75 Å². The molecule has 3 rings (SSSR count). The van der Waals surface area contributed by atoms with Gasteiger partial charge in [-0.2, -0.15) is 5.10 Å². The number of rotatable bonds is 5. The maximum absolute atomic E-state index is 12.2. The van der Waals surface area contributed by atoms with E-state index in [1.54, 1.807) is 18.3 Å². The third-order valence-electron chi connectivity index (χ3n) is 4.08.